The van der Waals surface area contributed by atoms with Crippen LogP contribution in [0.15, 0.2) is 65.8 Å². The lowest BCUT2D eigenvalue weighted by atomic mass is 10.2. The molecule has 1 aromatic heterocycles. The van der Waals surface area contributed by atoms with Gasteiger partial charge in [0.05, 0.1) is 16.1 Å². The zero-order valence-corrected chi connectivity index (χ0v) is 18.6. The first-order valence-corrected chi connectivity index (χ1v) is 11.7. The Morgan fingerprint density at radius 2 is 1.64 bits per heavy atom. The van der Waals surface area contributed by atoms with Crippen molar-refractivity contribution >= 4 is 21.9 Å². The van der Waals surface area contributed by atoms with E-state index in [4.69, 9.17) is 4.74 Å². The van der Waals surface area contributed by atoms with Gasteiger partial charge in [-0.05, 0) is 41.6 Å². The minimum atomic E-state index is -3.62. The van der Waals surface area contributed by atoms with Gasteiger partial charge in [-0.1, -0.05) is 30.3 Å². The number of rotatable bonds is 6. The van der Waals surface area contributed by atoms with Gasteiger partial charge < -0.3 is 9.64 Å². The number of carbonyl (C=O) groups is 2. The zero-order chi connectivity index (χ0) is 23.4. The van der Waals surface area contributed by atoms with Crippen molar-refractivity contribution in [3.63, 3.8) is 0 Å². The number of piperazine rings is 1. The third-order valence-corrected chi connectivity index (χ3v) is 7.20. The molecule has 0 saturated carbocycles. The molecule has 0 spiro atoms. The molecule has 1 aliphatic heterocycles. The molecule has 1 atom stereocenters. The fourth-order valence-electron chi connectivity index (χ4n) is 3.54. The van der Waals surface area contributed by atoms with Gasteiger partial charge in [-0.25, -0.2) is 13.2 Å². The molecule has 0 N–H and O–H groups in total. The summed E-state index contributed by atoms with van der Waals surface area (Å²) in [4.78, 5) is 27.3. The Bertz CT molecular complexity index is 1230. The number of sulfonamides is 1. The summed E-state index contributed by atoms with van der Waals surface area (Å²) in [6.45, 7) is 2.21. The normalized spacial score (nSPS) is 15.7. The molecule has 2 heterocycles. The van der Waals surface area contributed by atoms with Gasteiger partial charge in [0.2, 0.25) is 10.0 Å². The lowest BCUT2D eigenvalue weighted by Crippen LogP contribution is -2.52. The van der Waals surface area contributed by atoms with E-state index in [9.17, 15) is 18.0 Å². The number of tetrazole rings is 1. The van der Waals surface area contributed by atoms with Gasteiger partial charge in [-0.3, -0.25) is 4.79 Å². The molecule has 0 aliphatic carbocycles. The first-order chi connectivity index (χ1) is 15.9. The number of hydrogen-bond acceptors (Lipinski definition) is 8. The third-order valence-electron chi connectivity index (χ3n) is 5.28. The number of amides is 1. The third kappa shape index (κ3) is 4.76. The van der Waals surface area contributed by atoms with Gasteiger partial charge in [0.15, 0.2) is 6.10 Å². The summed E-state index contributed by atoms with van der Waals surface area (Å²) in [5.74, 6) is -1.08. The topological polar surface area (TPSA) is 128 Å². The molecule has 12 heteroatoms. The van der Waals surface area contributed by atoms with Crippen molar-refractivity contribution in [2.75, 3.05) is 26.2 Å². The Morgan fingerprint density at radius 1 is 0.970 bits per heavy atom. The molecule has 0 radical (unpaired) electrons. The van der Waals surface area contributed by atoms with Crippen LogP contribution in [-0.4, -0.2) is 82.0 Å². The maximum Gasteiger partial charge on any atom is 0.341 e. The second-order valence-corrected chi connectivity index (χ2v) is 9.30. The molecule has 172 valence electrons. The summed E-state index contributed by atoms with van der Waals surface area (Å²) in [7, 11) is -3.62. The Morgan fingerprint density at radius 3 is 2.30 bits per heavy atom. The highest BCUT2D eigenvalue weighted by atomic mass is 32.2. The van der Waals surface area contributed by atoms with E-state index in [1.54, 1.807) is 54.6 Å². The summed E-state index contributed by atoms with van der Waals surface area (Å²) in [5.41, 5.74) is 0.634. The van der Waals surface area contributed by atoms with Crippen LogP contribution in [0.5, 0.6) is 0 Å². The second-order valence-electron chi connectivity index (χ2n) is 7.36. The zero-order valence-electron chi connectivity index (χ0n) is 17.8. The molecule has 33 heavy (non-hydrogen) atoms. The first kappa shape index (κ1) is 22.6. The van der Waals surface area contributed by atoms with E-state index >= 15 is 0 Å². The van der Waals surface area contributed by atoms with Crippen molar-refractivity contribution < 1.29 is 22.7 Å². The van der Waals surface area contributed by atoms with E-state index in [-0.39, 0.29) is 42.5 Å². The summed E-state index contributed by atoms with van der Waals surface area (Å²) in [6, 6.07) is 14.8. The molecule has 2 aromatic carbocycles. The van der Waals surface area contributed by atoms with Crippen LogP contribution in [0.3, 0.4) is 0 Å². The number of esters is 1. The monoisotopic (exact) mass is 470 g/mol. The number of hydrogen-bond donors (Lipinski definition) is 0. The van der Waals surface area contributed by atoms with E-state index < -0.39 is 22.1 Å². The smallest absolute Gasteiger partial charge is 0.341 e. The van der Waals surface area contributed by atoms with Crippen LogP contribution in [-0.2, 0) is 19.6 Å². The molecule has 3 aromatic rings. The largest absolute Gasteiger partial charge is 0.449 e. The fraction of sp³-hybridized carbons (Fsp3) is 0.286. The Balaban J connectivity index is 1.38. The standard InChI is InChI=1S/C21H22N6O5S/c1-16(32-21(29)18-9-5-6-10-19(18)27-15-22-23-24-27)20(28)25-11-13-26(14-12-25)33(30,31)17-7-3-2-4-8-17/h2-10,15-16H,11-14H2,1H3/t16-/m0/s1. The van der Waals surface area contributed by atoms with Gasteiger partial charge in [0, 0.05) is 26.2 Å². The van der Waals surface area contributed by atoms with E-state index in [1.807, 2.05) is 0 Å². The molecular formula is C21H22N6O5S. The predicted molar refractivity (Wildman–Crippen MR) is 116 cm³/mol. The van der Waals surface area contributed by atoms with Crippen LogP contribution in [0.1, 0.15) is 17.3 Å². The lowest BCUT2D eigenvalue weighted by molar-refractivity contribution is -0.141. The quantitative estimate of drug-likeness (QED) is 0.483. The molecule has 1 fully saturated rings. The van der Waals surface area contributed by atoms with Gasteiger partial charge in [-0.2, -0.15) is 8.99 Å². The molecule has 0 bridgehead atoms. The van der Waals surface area contributed by atoms with Crippen LogP contribution in [0, 0.1) is 0 Å². The minimum Gasteiger partial charge on any atom is -0.449 e. The Kier molecular flexibility index (Phi) is 6.47. The first-order valence-electron chi connectivity index (χ1n) is 10.3. The molecule has 11 nitrogen and oxygen atoms in total. The highest BCUT2D eigenvalue weighted by Gasteiger charge is 2.32. The van der Waals surface area contributed by atoms with Crippen LogP contribution in [0.2, 0.25) is 0 Å². The summed E-state index contributed by atoms with van der Waals surface area (Å²) < 4.78 is 33.6. The summed E-state index contributed by atoms with van der Waals surface area (Å²) >= 11 is 0. The van der Waals surface area contributed by atoms with E-state index in [0.29, 0.717) is 5.69 Å². The van der Waals surface area contributed by atoms with Crippen LogP contribution >= 0.6 is 0 Å². The molecular weight excluding hydrogens is 448 g/mol. The number of ether oxygens (including phenoxy) is 1. The number of para-hydroxylation sites is 1. The molecule has 1 saturated heterocycles. The van der Waals surface area contributed by atoms with Crippen LogP contribution in [0.4, 0.5) is 0 Å². The number of benzene rings is 2. The second kappa shape index (κ2) is 9.46. The molecule has 1 aliphatic rings. The molecule has 0 unspecified atom stereocenters. The van der Waals surface area contributed by atoms with E-state index in [2.05, 4.69) is 15.5 Å². The SMILES string of the molecule is C[C@H](OC(=O)c1ccccc1-n1cnnn1)C(=O)N1CCN(S(=O)(=O)c2ccccc2)CC1. The maximum atomic E-state index is 12.8. The fourth-order valence-corrected chi connectivity index (χ4v) is 4.98. The lowest BCUT2D eigenvalue weighted by Gasteiger charge is -2.35. The van der Waals surface area contributed by atoms with Gasteiger partial charge in [-0.15, -0.1) is 5.10 Å². The van der Waals surface area contributed by atoms with Crippen molar-refractivity contribution in [1.29, 1.82) is 0 Å². The van der Waals surface area contributed by atoms with Crippen molar-refractivity contribution in [3.05, 3.63) is 66.5 Å². The maximum absolute atomic E-state index is 12.8. The van der Waals surface area contributed by atoms with Crippen molar-refractivity contribution in [3.8, 4) is 5.69 Å². The average Bonchev–Trinajstić information content (AvgIpc) is 3.39. The summed E-state index contributed by atoms with van der Waals surface area (Å²) in [5, 5.41) is 10.9. The Hall–Kier alpha value is -3.64. The van der Waals surface area contributed by atoms with Gasteiger partial charge in [0.25, 0.3) is 5.91 Å². The molecule has 4 rings (SSSR count). The van der Waals surface area contributed by atoms with Crippen molar-refractivity contribution in [2.45, 2.75) is 17.9 Å². The van der Waals surface area contributed by atoms with E-state index in [1.165, 1.54) is 27.1 Å². The minimum absolute atomic E-state index is 0.158. The van der Waals surface area contributed by atoms with Gasteiger partial charge in [0.1, 0.15) is 6.33 Å². The molecule has 1 amide bonds. The number of carbonyl (C=O) groups excluding carboxylic acids is 2. The number of aromatic nitrogens is 4. The van der Waals surface area contributed by atoms with Crippen molar-refractivity contribution in [2.24, 2.45) is 0 Å². The van der Waals surface area contributed by atoms with Crippen LogP contribution < -0.4 is 0 Å². The highest BCUT2D eigenvalue weighted by molar-refractivity contribution is 7.89. The van der Waals surface area contributed by atoms with Crippen LogP contribution in [0.25, 0.3) is 5.69 Å². The highest BCUT2D eigenvalue weighted by Crippen LogP contribution is 2.19. The van der Waals surface area contributed by atoms with Crippen molar-refractivity contribution in [1.82, 2.24) is 29.4 Å². The summed E-state index contributed by atoms with van der Waals surface area (Å²) in [6.07, 6.45) is 0.306. The van der Waals surface area contributed by atoms with E-state index in [0.717, 1.165) is 0 Å². The predicted octanol–water partition coefficient (Wildman–Crippen LogP) is 0.741. The number of nitrogens with zero attached hydrogens (tertiary/aromatic N) is 6. The average molecular weight is 471 g/mol. The van der Waals surface area contributed by atoms with Gasteiger partial charge >= 0.3 is 5.97 Å². The Labute approximate surface area is 190 Å².